The molecule has 0 saturated carbocycles. The molecule has 1 amide bonds. The van der Waals surface area contributed by atoms with Gasteiger partial charge in [0.2, 0.25) is 9.84 Å². The van der Waals surface area contributed by atoms with E-state index in [0.29, 0.717) is 12.3 Å². The Bertz CT molecular complexity index is 786. The Morgan fingerprint density at radius 1 is 0.923 bits per heavy atom. The van der Waals surface area contributed by atoms with Crippen LogP contribution in [-0.2, 0) is 14.6 Å². The Balaban J connectivity index is 1.85. The van der Waals surface area contributed by atoms with Crippen LogP contribution in [0.15, 0.2) is 64.4 Å². The van der Waals surface area contributed by atoms with Crippen molar-refractivity contribution in [2.24, 2.45) is 0 Å². The van der Waals surface area contributed by atoms with Crippen LogP contribution >= 0.6 is 0 Å². The highest BCUT2D eigenvalue weighted by Crippen LogP contribution is 2.22. The van der Waals surface area contributed by atoms with Crippen LogP contribution in [0.5, 0.6) is 5.75 Å². The summed E-state index contributed by atoms with van der Waals surface area (Å²) < 4.78 is 30.4. The molecule has 0 atom stereocenters. The molecular weight excluding hydrogens is 350 g/mol. The monoisotopic (exact) mass is 375 g/mol. The predicted octanol–water partition coefficient (Wildman–Crippen LogP) is 3.59. The molecule has 0 aromatic heterocycles. The Morgan fingerprint density at radius 3 is 2.23 bits per heavy atom. The zero-order valence-corrected chi connectivity index (χ0v) is 15.8. The fourth-order valence-corrected chi connectivity index (χ4v) is 3.71. The maximum atomic E-state index is 12.5. The number of nitrogens with one attached hydrogen (secondary N) is 1. The lowest BCUT2D eigenvalue weighted by Crippen LogP contribution is -2.29. The van der Waals surface area contributed by atoms with E-state index in [4.69, 9.17) is 4.74 Å². The average Bonchev–Trinajstić information content (AvgIpc) is 2.67. The molecule has 1 N–H and O–H groups in total. The summed E-state index contributed by atoms with van der Waals surface area (Å²) in [6, 6.07) is 14.4. The summed E-state index contributed by atoms with van der Waals surface area (Å²) in [5.41, 5.74) is 0. The van der Waals surface area contributed by atoms with Crippen LogP contribution in [0.3, 0.4) is 0 Å². The van der Waals surface area contributed by atoms with Crippen molar-refractivity contribution in [2.75, 3.05) is 13.2 Å². The van der Waals surface area contributed by atoms with E-state index < -0.39 is 9.84 Å². The third kappa shape index (κ3) is 5.88. The fraction of sp³-hybridized carbons (Fsp3) is 0.350. The number of amides is 1. The Labute approximate surface area is 155 Å². The first-order chi connectivity index (χ1) is 12.5. The molecule has 0 radical (unpaired) electrons. The highest BCUT2D eigenvalue weighted by molar-refractivity contribution is 7.91. The van der Waals surface area contributed by atoms with Gasteiger partial charge in [0.15, 0.2) is 6.61 Å². The van der Waals surface area contributed by atoms with Gasteiger partial charge in [-0.1, -0.05) is 44.4 Å². The number of carbonyl (C=O) groups is 1. The molecule has 0 bridgehead atoms. The number of rotatable bonds is 10. The molecular formula is C20H25NO4S. The summed E-state index contributed by atoms with van der Waals surface area (Å²) in [6.45, 7) is 2.71. The molecule has 0 fully saturated rings. The minimum Gasteiger partial charge on any atom is -0.484 e. The van der Waals surface area contributed by atoms with E-state index in [1.807, 2.05) is 0 Å². The molecule has 140 valence electrons. The van der Waals surface area contributed by atoms with E-state index in [0.717, 1.165) is 19.3 Å². The third-order valence-electron chi connectivity index (χ3n) is 3.91. The van der Waals surface area contributed by atoms with Crippen molar-refractivity contribution < 1.29 is 17.9 Å². The van der Waals surface area contributed by atoms with E-state index in [9.17, 15) is 13.2 Å². The first-order valence-electron chi connectivity index (χ1n) is 8.83. The van der Waals surface area contributed by atoms with Gasteiger partial charge in [-0.25, -0.2) is 8.42 Å². The van der Waals surface area contributed by atoms with Crippen LogP contribution in [0.2, 0.25) is 0 Å². The van der Waals surface area contributed by atoms with Gasteiger partial charge in [0.25, 0.3) is 5.91 Å². The van der Waals surface area contributed by atoms with Crippen LogP contribution in [0.4, 0.5) is 0 Å². The first kappa shape index (κ1) is 20.0. The lowest BCUT2D eigenvalue weighted by atomic mass is 10.2. The molecule has 6 heteroatoms. The van der Waals surface area contributed by atoms with Crippen molar-refractivity contribution in [2.45, 2.75) is 42.4 Å². The van der Waals surface area contributed by atoms with Crippen molar-refractivity contribution in [3.8, 4) is 5.75 Å². The largest absolute Gasteiger partial charge is 0.484 e. The molecule has 0 aliphatic heterocycles. The lowest BCUT2D eigenvalue weighted by Gasteiger charge is -2.09. The van der Waals surface area contributed by atoms with E-state index in [-0.39, 0.29) is 22.3 Å². The SMILES string of the molecule is CCCCCCNC(=O)COc1ccc(S(=O)(=O)c2ccccc2)cc1. The minimum absolute atomic E-state index is 0.0848. The minimum atomic E-state index is -3.54. The van der Waals surface area contributed by atoms with Gasteiger partial charge in [0.1, 0.15) is 5.75 Å². The van der Waals surface area contributed by atoms with Crippen molar-refractivity contribution in [1.82, 2.24) is 5.32 Å². The van der Waals surface area contributed by atoms with Crippen molar-refractivity contribution >= 4 is 15.7 Å². The van der Waals surface area contributed by atoms with Gasteiger partial charge in [0.05, 0.1) is 9.79 Å². The van der Waals surface area contributed by atoms with Gasteiger partial charge in [-0.2, -0.15) is 0 Å². The van der Waals surface area contributed by atoms with Gasteiger partial charge >= 0.3 is 0 Å². The summed E-state index contributed by atoms with van der Waals surface area (Å²) in [5.74, 6) is 0.278. The zero-order valence-electron chi connectivity index (χ0n) is 15.0. The van der Waals surface area contributed by atoms with E-state index in [1.165, 1.54) is 18.6 Å². The van der Waals surface area contributed by atoms with Crippen LogP contribution in [-0.4, -0.2) is 27.5 Å². The van der Waals surface area contributed by atoms with Gasteiger partial charge in [-0.15, -0.1) is 0 Å². The molecule has 5 nitrogen and oxygen atoms in total. The fourth-order valence-electron chi connectivity index (χ4n) is 2.43. The second kappa shape index (κ2) is 9.97. The number of ether oxygens (including phenoxy) is 1. The highest BCUT2D eigenvalue weighted by atomic mass is 32.2. The van der Waals surface area contributed by atoms with E-state index >= 15 is 0 Å². The van der Waals surface area contributed by atoms with Crippen molar-refractivity contribution in [1.29, 1.82) is 0 Å². The summed E-state index contributed by atoms with van der Waals surface area (Å²) in [5, 5.41) is 2.81. The van der Waals surface area contributed by atoms with Gasteiger partial charge in [0, 0.05) is 6.54 Å². The van der Waals surface area contributed by atoms with E-state index in [2.05, 4.69) is 12.2 Å². The first-order valence-corrected chi connectivity index (χ1v) is 10.3. The number of unbranched alkanes of at least 4 members (excludes halogenated alkanes) is 3. The van der Waals surface area contributed by atoms with E-state index in [1.54, 1.807) is 42.5 Å². The Morgan fingerprint density at radius 2 is 1.58 bits per heavy atom. The van der Waals surface area contributed by atoms with Gasteiger partial charge in [-0.3, -0.25) is 4.79 Å². The zero-order chi connectivity index (χ0) is 18.8. The summed E-state index contributed by atoms with van der Waals surface area (Å²) in [4.78, 5) is 12.2. The summed E-state index contributed by atoms with van der Waals surface area (Å²) >= 11 is 0. The van der Waals surface area contributed by atoms with Crippen LogP contribution in [0, 0.1) is 0 Å². The van der Waals surface area contributed by atoms with Crippen molar-refractivity contribution in [3.63, 3.8) is 0 Å². The maximum absolute atomic E-state index is 12.5. The predicted molar refractivity (Wildman–Crippen MR) is 101 cm³/mol. The second-order valence-corrected chi connectivity index (χ2v) is 7.94. The lowest BCUT2D eigenvalue weighted by molar-refractivity contribution is -0.123. The molecule has 2 aromatic rings. The van der Waals surface area contributed by atoms with Crippen molar-refractivity contribution in [3.05, 3.63) is 54.6 Å². The molecule has 2 aromatic carbocycles. The molecule has 0 unspecified atom stereocenters. The Kier molecular flexibility index (Phi) is 7.66. The normalized spacial score (nSPS) is 11.1. The smallest absolute Gasteiger partial charge is 0.257 e. The van der Waals surface area contributed by atoms with Gasteiger partial charge < -0.3 is 10.1 Å². The number of hydrogen-bond acceptors (Lipinski definition) is 4. The standard InChI is InChI=1S/C20H25NO4S/c1-2-3-4-8-15-21-20(22)16-25-17-11-13-19(14-12-17)26(23,24)18-9-6-5-7-10-18/h5-7,9-14H,2-4,8,15-16H2,1H3,(H,21,22). The number of hydrogen-bond donors (Lipinski definition) is 1. The Hall–Kier alpha value is -2.34. The molecule has 2 rings (SSSR count). The molecule has 26 heavy (non-hydrogen) atoms. The molecule has 0 heterocycles. The van der Waals surface area contributed by atoms with Crippen LogP contribution < -0.4 is 10.1 Å². The second-order valence-electron chi connectivity index (χ2n) is 5.99. The van der Waals surface area contributed by atoms with Crippen LogP contribution in [0.1, 0.15) is 32.6 Å². The molecule has 0 saturated heterocycles. The molecule has 0 aliphatic carbocycles. The highest BCUT2D eigenvalue weighted by Gasteiger charge is 2.17. The number of sulfone groups is 1. The summed E-state index contributed by atoms with van der Waals surface area (Å²) in [7, 11) is -3.54. The number of carbonyl (C=O) groups excluding carboxylic acids is 1. The topological polar surface area (TPSA) is 72.5 Å². The summed E-state index contributed by atoms with van der Waals surface area (Å²) in [6.07, 6.45) is 4.40. The average molecular weight is 375 g/mol. The quantitative estimate of drug-likeness (QED) is 0.644. The maximum Gasteiger partial charge on any atom is 0.257 e. The molecule has 0 aliphatic rings. The number of benzene rings is 2. The van der Waals surface area contributed by atoms with Crippen LogP contribution in [0.25, 0.3) is 0 Å². The van der Waals surface area contributed by atoms with Gasteiger partial charge in [-0.05, 0) is 42.8 Å². The third-order valence-corrected chi connectivity index (χ3v) is 5.70. The molecule has 0 spiro atoms.